The van der Waals surface area contributed by atoms with Crippen LogP contribution in [-0.4, -0.2) is 67.0 Å². The molecule has 0 N–H and O–H groups in total. The summed E-state index contributed by atoms with van der Waals surface area (Å²) in [6.45, 7) is 5.00. The average Bonchev–Trinajstić information content (AvgIpc) is 3.22. The Morgan fingerprint density at radius 2 is 1.83 bits per heavy atom. The van der Waals surface area contributed by atoms with Crippen molar-refractivity contribution in [1.82, 2.24) is 30.0 Å². The van der Waals surface area contributed by atoms with E-state index in [9.17, 15) is 14.9 Å². The standard InChI is InChI=1S/C20H21N7O3/c1-15-5-7-17(8-6-15)26-19(21-22-23-26)14-24-9-11-25(12-10-24)20(28)16-3-2-4-18(13-16)27(29)30/h2-8,13H,9-12,14H2,1H3. The number of amides is 1. The van der Waals surface area contributed by atoms with Crippen molar-refractivity contribution in [1.29, 1.82) is 0 Å². The van der Waals surface area contributed by atoms with Gasteiger partial charge in [0.15, 0.2) is 5.82 Å². The summed E-state index contributed by atoms with van der Waals surface area (Å²) in [4.78, 5) is 27.1. The van der Waals surface area contributed by atoms with Crippen LogP contribution in [0.2, 0.25) is 0 Å². The Balaban J connectivity index is 1.38. The van der Waals surface area contributed by atoms with Crippen LogP contribution in [0.4, 0.5) is 5.69 Å². The zero-order valence-electron chi connectivity index (χ0n) is 16.5. The molecule has 154 valence electrons. The zero-order chi connectivity index (χ0) is 21.1. The van der Waals surface area contributed by atoms with Gasteiger partial charge < -0.3 is 4.90 Å². The Kier molecular flexibility index (Phi) is 5.48. The number of tetrazole rings is 1. The van der Waals surface area contributed by atoms with E-state index in [0.29, 0.717) is 38.3 Å². The summed E-state index contributed by atoms with van der Waals surface area (Å²) in [5.74, 6) is 0.542. The predicted molar refractivity (Wildman–Crippen MR) is 108 cm³/mol. The van der Waals surface area contributed by atoms with Crippen LogP contribution < -0.4 is 0 Å². The van der Waals surface area contributed by atoms with Gasteiger partial charge in [0.05, 0.1) is 17.2 Å². The summed E-state index contributed by atoms with van der Waals surface area (Å²) >= 11 is 0. The number of non-ortho nitro benzene ring substituents is 1. The van der Waals surface area contributed by atoms with Gasteiger partial charge in [0, 0.05) is 43.9 Å². The molecule has 1 amide bonds. The summed E-state index contributed by atoms with van der Waals surface area (Å²) in [5, 5.41) is 23.0. The number of piperazine rings is 1. The second-order valence-electron chi connectivity index (χ2n) is 7.22. The van der Waals surface area contributed by atoms with Crippen LogP contribution >= 0.6 is 0 Å². The Morgan fingerprint density at radius 3 is 2.53 bits per heavy atom. The first-order valence-corrected chi connectivity index (χ1v) is 9.61. The maximum absolute atomic E-state index is 12.7. The summed E-state index contributed by atoms with van der Waals surface area (Å²) < 4.78 is 1.72. The fraction of sp³-hybridized carbons (Fsp3) is 0.300. The Bertz CT molecular complexity index is 1060. The number of hydrogen-bond acceptors (Lipinski definition) is 7. The lowest BCUT2D eigenvalue weighted by Gasteiger charge is -2.34. The molecule has 0 spiro atoms. The van der Waals surface area contributed by atoms with Gasteiger partial charge in [-0.2, -0.15) is 4.68 Å². The Hall–Kier alpha value is -3.66. The molecule has 0 unspecified atom stereocenters. The van der Waals surface area contributed by atoms with E-state index in [1.54, 1.807) is 15.6 Å². The van der Waals surface area contributed by atoms with E-state index in [1.165, 1.54) is 18.2 Å². The van der Waals surface area contributed by atoms with E-state index in [-0.39, 0.29) is 11.6 Å². The quantitative estimate of drug-likeness (QED) is 0.469. The van der Waals surface area contributed by atoms with Gasteiger partial charge in [-0.25, -0.2) is 0 Å². The van der Waals surface area contributed by atoms with E-state index in [4.69, 9.17) is 0 Å². The maximum atomic E-state index is 12.7. The summed E-state index contributed by atoms with van der Waals surface area (Å²) in [6.07, 6.45) is 0. The smallest absolute Gasteiger partial charge is 0.270 e. The van der Waals surface area contributed by atoms with E-state index in [2.05, 4.69) is 20.4 Å². The number of aromatic nitrogens is 4. The second kappa shape index (κ2) is 8.37. The van der Waals surface area contributed by atoms with Gasteiger partial charge in [-0.05, 0) is 35.5 Å². The third kappa shape index (κ3) is 4.18. The highest BCUT2D eigenvalue weighted by atomic mass is 16.6. The Labute approximate surface area is 172 Å². The predicted octanol–water partition coefficient (Wildman–Crippen LogP) is 1.84. The molecule has 0 radical (unpaired) electrons. The van der Waals surface area contributed by atoms with Crippen molar-refractivity contribution in [2.24, 2.45) is 0 Å². The van der Waals surface area contributed by atoms with Gasteiger partial charge in [0.25, 0.3) is 11.6 Å². The first-order chi connectivity index (χ1) is 14.5. The van der Waals surface area contributed by atoms with Crippen LogP contribution in [0.3, 0.4) is 0 Å². The lowest BCUT2D eigenvalue weighted by atomic mass is 10.1. The normalized spacial score (nSPS) is 14.6. The molecular formula is C20H21N7O3. The van der Waals surface area contributed by atoms with Crippen LogP contribution in [0.25, 0.3) is 5.69 Å². The third-order valence-electron chi connectivity index (χ3n) is 5.14. The number of aryl methyl sites for hydroxylation is 1. The molecular weight excluding hydrogens is 386 g/mol. The molecule has 1 aromatic heterocycles. The van der Waals surface area contributed by atoms with Crippen molar-refractivity contribution in [2.75, 3.05) is 26.2 Å². The lowest BCUT2D eigenvalue weighted by molar-refractivity contribution is -0.384. The molecule has 0 atom stereocenters. The zero-order valence-corrected chi connectivity index (χ0v) is 16.5. The highest BCUT2D eigenvalue weighted by Crippen LogP contribution is 2.17. The maximum Gasteiger partial charge on any atom is 0.270 e. The number of carbonyl (C=O) groups excluding carboxylic acids is 1. The van der Waals surface area contributed by atoms with Crippen molar-refractivity contribution < 1.29 is 9.72 Å². The number of nitro groups is 1. The number of nitrogens with zero attached hydrogens (tertiary/aromatic N) is 7. The number of nitro benzene ring substituents is 1. The third-order valence-corrected chi connectivity index (χ3v) is 5.14. The number of carbonyl (C=O) groups is 1. The van der Waals surface area contributed by atoms with Crippen LogP contribution in [0.15, 0.2) is 48.5 Å². The van der Waals surface area contributed by atoms with Gasteiger partial charge >= 0.3 is 0 Å². The topological polar surface area (TPSA) is 110 Å². The van der Waals surface area contributed by atoms with Gasteiger partial charge in [0.2, 0.25) is 0 Å². The molecule has 0 aliphatic carbocycles. The van der Waals surface area contributed by atoms with E-state index >= 15 is 0 Å². The summed E-state index contributed by atoms with van der Waals surface area (Å²) in [7, 11) is 0. The van der Waals surface area contributed by atoms with E-state index in [1.807, 2.05) is 31.2 Å². The first kappa shape index (κ1) is 19.6. The number of rotatable bonds is 5. The summed E-state index contributed by atoms with van der Waals surface area (Å²) in [6, 6.07) is 13.8. The largest absolute Gasteiger partial charge is 0.336 e. The minimum Gasteiger partial charge on any atom is -0.336 e. The molecule has 10 heteroatoms. The minimum atomic E-state index is -0.493. The van der Waals surface area contributed by atoms with Crippen molar-refractivity contribution >= 4 is 11.6 Å². The molecule has 1 aliphatic heterocycles. The van der Waals surface area contributed by atoms with Gasteiger partial charge in [0.1, 0.15) is 0 Å². The lowest BCUT2D eigenvalue weighted by Crippen LogP contribution is -2.48. The van der Waals surface area contributed by atoms with Crippen LogP contribution in [0, 0.1) is 17.0 Å². The molecule has 1 saturated heterocycles. The van der Waals surface area contributed by atoms with Crippen LogP contribution in [-0.2, 0) is 6.54 Å². The molecule has 1 aliphatic rings. The molecule has 3 aromatic rings. The van der Waals surface area contributed by atoms with Gasteiger partial charge in [-0.3, -0.25) is 19.8 Å². The van der Waals surface area contributed by atoms with Crippen molar-refractivity contribution in [3.05, 3.63) is 75.6 Å². The fourth-order valence-corrected chi connectivity index (χ4v) is 3.43. The molecule has 0 bridgehead atoms. The molecule has 30 heavy (non-hydrogen) atoms. The van der Waals surface area contributed by atoms with Gasteiger partial charge in [-0.1, -0.05) is 23.8 Å². The molecule has 2 aromatic carbocycles. The monoisotopic (exact) mass is 407 g/mol. The fourth-order valence-electron chi connectivity index (χ4n) is 3.43. The SMILES string of the molecule is Cc1ccc(-n2nnnc2CN2CCN(C(=O)c3cccc([N+](=O)[O-])c3)CC2)cc1. The molecule has 1 fully saturated rings. The molecule has 0 saturated carbocycles. The van der Waals surface area contributed by atoms with Crippen molar-refractivity contribution in [3.8, 4) is 5.69 Å². The van der Waals surface area contributed by atoms with E-state index in [0.717, 1.165) is 17.1 Å². The Morgan fingerprint density at radius 1 is 1.10 bits per heavy atom. The second-order valence-corrected chi connectivity index (χ2v) is 7.22. The summed E-state index contributed by atoms with van der Waals surface area (Å²) in [5.41, 5.74) is 2.32. The molecule has 4 rings (SSSR count). The van der Waals surface area contributed by atoms with Gasteiger partial charge in [-0.15, -0.1) is 5.10 Å². The number of hydrogen-bond donors (Lipinski definition) is 0. The highest BCUT2D eigenvalue weighted by molar-refractivity contribution is 5.94. The molecule has 10 nitrogen and oxygen atoms in total. The van der Waals surface area contributed by atoms with Crippen molar-refractivity contribution in [2.45, 2.75) is 13.5 Å². The van der Waals surface area contributed by atoms with Crippen LogP contribution in [0.1, 0.15) is 21.7 Å². The van der Waals surface area contributed by atoms with E-state index < -0.39 is 4.92 Å². The average molecular weight is 407 g/mol. The first-order valence-electron chi connectivity index (χ1n) is 9.61. The minimum absolute atomic E-state index is 0.0811. The molecule has 2 heterocycles. The van der Waals surface area contributed by atoms with Crippen molar-refractivity contribution in [3.63, 3.8) is 0 Å². The van der Waals surface area contributed by atoms with Crippen LogP contribution in [0.5, 0.6) is 0 Å². The number of benzene rings is 2. The highest BCUT2D eigenvalue weighted by Gasteiger charge is 2.24.